The van der Waals surface area contributed by atoms with Crippen LogP contribution in [0.1, 0.15) is 34.2 Å². The summed E-state index contributed by atoms with van der Waals surface area (Å²) in [4.78, 5) is 30.8. The molecule has 190 valence electrons. The molecule has 38 heavy (non-hydrogen) atoms. The van der Waals surface area contributed by atoms with E-state index in [1.54, 1.807) is 22.9 Å². The second-order valence-corrected chi connectivity index (χ2v) is 9.11. The first kappa shape index (κ1) is 23.8. The molecule has 0 radical (unpaired) electrons. The summed E-state index contributed by atoms with van der Waals surface area (Å²) in [5.74, 6) is 0.00652. The van der Waals surface area contributed by atoms with Crippen molar-refractivity contribution < 1.29 is 13.6 Å². The van der Waals surface area contributed by atoms with Crippen LogP contribution in [0, 0.1) is 0 Å². The third-order valence-corrected chi connectivity index (χ3v) is 6.49. The van der Waals surface area contributed by atoms with Crippen molar-refractivity contribution >= 4 is 28.0 Å². The minimum atomic E-state index is -2.63. The number of fused-ring (bicyclic) bond motifs is 3. The maximum atomic E-state index is 12.6. The molecule has 1 atom stereocenters. The number of aromatic nitrogens is 5. The molecule has 8 nitrogen and oxygen atoms in total. The number of pyridine rings is 2. The van der Waals surface area contributed by atoms with Crippen LogP contribution in [0.15, 0.2) is 73.3 Å². The molecule has 0 saturated heterocycles. The number of hydrogen-bond acceptors (Lipinski definition) is 6. The highest BCUT2D eigenvalue weighted by molar-refractivity contribution is 5.93. The summed E-state index contributed by atoms with van der Waals surface area (Å²) < 4.78 is 26.8. The van der Waals surface area contributed by atoms with Crippen molar-refractivity contribution in [1.82, 2.24) is 35.0 Å². The number of nitrogens with zero attached hydrogens (tertiary/aromatic N) is 5. The molecular weight excluding hydrogens is 488 g/mol. The molecule has 5 heterocycles. The zero-order valence-corrected chi connectivity index (χ0v) is 20.4. The molecule has 0 saturated carbocycles. The van der Waals surface area contributed by atoms with E-state index in [2.05, 4.69) is 33.6 Å². The highest BCUT2D eigenvalue weighted by Gasteiger charge is 2.21. The van der Waals surface area contributed by atoms with Crippen molar-refractivity contribution in [1.29, 1.82) is 0 Å². The first-order chi connectivity index (χ1) is 18.5. The van der Waals surface area contributed by atoms with Crippen molar-refractivity contribution in [3.63, 3.8) is 0 Å². The predicted molar refractivity (Wildman–Crippen MR) is 140 cm³/mol. The highest BCUT2D eigenvalue weighted by atomic mass is 19.3. The fourth-order valence-electron chi connectivity index (χ4n) is 4.61. The number of halogens is 2. The largest absolute Gasteiger partial charge is 0.345 e. The number of rotatable bonds is 5. The number of carbonyl (C=O) groups excluding carboxylic acids is 1. The van der Waals surface area contributed by atoms with E-state index in [1.165, 1.54) is 6.20 Å². The number of nitrogens with one attached hydrogen (secondary N) is 2. The number of amides is 1. The lowest BCUT2D eigenvalue weighted by atomic mass is 9.98. The van der Waals surface area contributed by atoms with Crippen LogP contribution in [0.25, 0.3) is 33.5 Å². The van der Waals surface area contributed by atoms with Gasteiger partial charge < -0.3 is 10.6 Å². The molecule has 5 aromatic rings. The van der Waals surface area contributed by atoms with Crippen molar-refractivity contribution in [2.24, 2.45) is 0 Å². The van der Waals surface area contributed by atoms with Gasteiger partial charge in [-0.25, -0.2) is 23.7 Å². The third kappa shape index (κ3) is 4.50. The Morgan fingerprint density at radius 3 is 2.87 bits per heavy atom. The van der Waals surface area contributed by atoms with Crippen molar-refractivity contribution in [2.45, 2.75) is 25.9 Å². The summed E-state index contributed by atoms with van der Waals surface area (Å²) in [6, 6.07) is 13.6. The molecule has 1 aliphatic rings. The molecule has 0 unspecified atom stereocenters. The Morgan fingerprint density at radius 1 is 1.13 bits per heavy atom. The molecule has 2 N–H and O–H groups in total. The van der Waals surface area contributed by atoms with Gasteiger partial charge in [0.25, 0.3) is 12.3 Å². The Bertz CT molecular complexity index is 1710. The molecule has 1 aliphatic heterocycles. The molecule has 6 rings (SSSR count). The molecular formula is C28H23F2N7O. The zero-order valence-electron chi connectivity index (χ0n) is 20.4. The first-order valence-corrected chi connectivity index (χ1v) is 12.2. The Balaban J connectivity index is 1.39. The van der Waals surface area contributed by atoms with Crippen LogP contribution in [0.2, 0.25) is 0 Å². The van der Waals surface area contributed by atoms with Gasteiger partial charge in [0.2, 0.25) is 0 Å². The van der Waals surface area contributed by atoms with Crippen molar-refractivity contribution in [3.05, 3.63) is 95.8 Å². The van der Waals surface area contributed by atoms with E-state index < -0.39 is 18.9 Å². The summed E-state index contributed by atoms with van der Waals surface area (Å²) in [7, 11) is 0. The van der Waals surface area contributed by atoms with Crippen LogP contribution in [-0.4, -0.2) is 49.3 Å². The Kier molecular flexibility index (Phi) is 6.09. The topological polar surface area (TPSA) is 97.1 Å². The minimum absolute atomic E-state index is 0.0432. The van der Waals surface area contributed by atoms with E-state index in [4.69, 9.17) is 9.97 Å². The number of alkyl halides is 2. The lowest BCUT2D eigenvalue weighted by Gasteiger charge is -2.13. The maximum Gasteiger partial charge on any atom is 0.270 e. The van der Waals surface area contributed by atoms with Gasteiger partial charge in [0.15, 0.2) is 5.82 Å². The lowest BCUT2D eigenvalue weighted by molar-refractivity contribution is 0.0886. The monoisotopic (exact) mass is 511 g/mol. The molecule has 0 aliphatic carbocycles. The molecule has 1 amide bonds. The van der Waals surface area contributed by atoms with Crippen LogP contribution >= 0.6 is 0 Å². The zero-order chi connectivity index (χ0) is 26.2. The van der Waals surface area contributed by atoms with Gasteiger partial charge >= 0.3 is 0 Å². The SMILES string of the molecule is C[C@@H]1C=C(c2ccc3ncc(C(=O)NCC(F)F)n3c2)c2cnc(-c3ccc4ncccc4c3)nc2CN1. The molecule has 0 fully saturated rings. The van der Waals surface area contributed by atoms with Gasteiger partial charge in [-0.3, -0.25) is 14.2 Å². The fourth-order valence-corrected chi connectivity index (χ4v) is 4.61. The van der Waals surface area contributed by atoms with Gasteiger partial charge in [0, 0.05) is 47.7 Å². The van der Waals surface area contributed by atoms with Gasteiger partial charge in [-0.1, -0.05) is 12.1 Å². The molecule has 10 heteroatoms. The molecule has 4 aromatic heterocycles. The second kappa shape index (κ2) is 9.71. The quantitative estimate of drug-likeness (QED) is 0.366. The molecule has 1 aromatic carbocycles. The predicted octanol–water partition coefficient (Wildman–Crippen LogP) is 4.26. The third-order valence-electron chi connectivity index (χ3n) is 6.49. The minimum Gasteiger partial charge on any atom is -0.345 e. The van der Waals surface area contributed by atoms with Crippen molar-refractivity contribution in [2.75, 3.05) is 6.54 Å². The Labute approximate surface area is 216 Å². The van der Waals surface area contributed by atoms with E-state index in [1.807, 2.05) is 42.6 Å². The second-order valence-electron chi connectivity index (χ2n) is 9.11. The number of benzene rings is 1. The van der Waals surface area contributed by atoms with Gasteiger partial charge in [0.1, 0.15) is 11.3 Å². The first-order valence-electron chi connectivity index (χ1n) is 12.2. The molecule has 0 bridgehead atoms. The Morgan fingerprint density at radius 2 is 2.00 bits per heavy atom. The van der Waals surface area contributed by atoms with E-state index in [9.17, 15) is 13.6 Å². The summed E-state index contributed by atoms with van der Waals surface area (Å²) in [5.41, 5.74) is 5.96. The van der Waals surface area contributed by atoms with E-state index >= 15 is 0 Å². The van der Waals surface area contributed by atoms with Crippen LogP contribution in [0.5, 0.6) is 0 Å². The van der Waals surface area contributed by atoms with E-state index in [0.717, 1.165) is 38.9 Å². The normalized spacial score (nSPS) is 15.4. The van der Waals surface area contributed by atoms with E-state index in [-0.39, 0.29) is 11.7 Å². The summed E-state index contributed by atoms with van der Waals surface area (Å²) >= 11 is 0. The van der Waals surface area contributed by atoms with Crippen LogP contribution in [-0.2, 0) is 6.54 Å². The van der Waals surface area contributed by atoms with E-state index in [0.29, 0.717) is 18.0 Å². The standard InChI is InChI=1S/C28H23F2N7O/c1-16-9-20(19-5-7-26-33-13-24(37(26)15-19)28(38)35-14-25(29)30)21-11-34-27(36-23(21)12-32-16)18-4-6-22-17(10-18)3-2-8-31-22/h2-11,13,15-16,25,32H,12,14H2,1H3,(H,35,38)/t16-/m1/s1. The number of hydrogen-bond donors (Lipinski definition) is 2. The van der Waals surface area contributed by atoms with Crippen molar-refractivity contribution in [3.8, 4) is 11.4 Å². The van der Waals surface area contributed by atoms with Crippen LogP contribution in [0.4, 0.5) is 8.78 Å². The van der Waals surface area contributed by atoms with Crippen LogP contribution < -0.4 is 10.6 Å². The summed E-state index contributed by atoms with van der Waals surface area (Å²) in [6.07, 6.45) is 6.22. The Hall–Kier alpha value is -4.57. The highest BCUT2D eigenvalue weighted by Crippen LogP contribution is 2.30. The van der Waals surface area contributed by atoms with Gasteiger partial charge in [-0.2, -0.15) is 0 Å². The van der Waals surface area contributed by atoms with Gasteiger partial charge in [0.05, 0.1) is 24.0 Å². The van der Waals surface area contributed by atoms with Gasteiger partial charge in [-0.15, -0.1) is 0 Å². The maximum absolute atomic E-state index is 12.6. The van der Waals surface area contributed by atoms with Gasteiger partial charge in [-0.05, 0) is 54.5 Å². The number of imidazole rings is 1. The summed E-state index contributed by atoms with van der Waals surface area (Å²) in [5, 5.41) is 6.72. The average molecular weight is 512 g/mol. The number of carbonyl (C=O) groups is 1. The molecule has 0 spiro atoms. The smallest absolute Gasteiger partial charge is 0.270 e. The lowest BCUT2D eigenvalue weighted by Crippen LogP contribution is -2.29. The fraction of sp³-hybridized carbons (Fsp3) is 0.179. The van der Waals surface area contributed by atoms with Crippen LogP contribution in [0.3, 0.4) is 0 Å². The average Bonchev–Trinajstić information content (AvgIpc) is 3.29. The summed E-state index contributed by atoms with van der Waals surface area (Å²) in [6.45, 7) is 1.88.